The van der Waals surface area contributed by atoms with Gasteiger partial charge in [0.2, 0.25) is 0 Å². The highest BCUT2D eigenvalue weighted by Crippen LogP contribution is 2.25. The Morgan fingerprint density at radius 2 is 1.90 bits per heavy atom. The summed E-state index contributed by atoms with van der Waals surface area (Å²) in [6.45, 7) is 8.84. The molecule has 3 rings (SSSR count). The lowest BCUT2D eigenvalue weighted by Crippen LogP contribution is -2.43. The molecular formula is C16H24N4. The Morgan fingerprint density at radius 3 is 2.60 bits per heavy atom. The average Bonchev–Trinajstić information content (AvgIpc) is 2.79. The number of hydrogen-bond acceptors (Lipinski definition) is 3. The van der Waals surface area contributed by atoms with E-state index in [1.165, 1.54) is 16.5 Å². The first-order chi connectivity index (χ1) is 9.67. The van der Waals surface area contributed by atoms with E-state index in [0.29, 0.717) is 0 Å². The third-order valence-corrected chi connectivity index (χ3v) is 4.32. The van der Waals surface area contributed by atoms with Crippen molar-refractivity contribution in [3.05, 3.63) is 30.0 Å². The Hall–Kier alpha value is -1.52. The summed E-state index contributed by atoms with van der Waals surface area (Å²) in [5.41, 5.74) is 9.52. The van der Waals surface area contributed by atoms with E-state index in [-0.39, 0.29) is 0 Å². The molecule has 2 N–H and O–H groups in total. The Kier molecular flexibility index (Phi) is 3.68. The fourth-order valence-corrected chi connectivity index (χ4v) is 3.02. The van der Waals surface area contributed by atoms with Gasteiger partial charge < -0.3 is 15.2 Å². The van der Waals surface area contributed by atoms with Crippen LogP contribution >= 0.6 is 0 Å². The van der Waals surface area contributed by atoms with Crippen molar-refractivity contribution >= 4 is 16.6 Å². The lowest BCUT2D eigenvalue weighted by atomic mass is 10.1. The molecule has 1 saturated heterocycles. The van der Waals surface area contributed by atoms with E-state index in [1.807, 2.05) is 6.07 Å². The lowest BCUT2D eigenvalue weighted by molar-refractivity contribution is 0.148. The van der Waals surface area contributed by atoms with Crippen molar-refractivity contribution in [3.8, 4) is 0 Å². The first-order valence-electron chi connectivity index (χ1n) is 7.45. The van der Waals surface area contributed by atoms with Gasteiger partial charge in [0.25, 0.3) is 0 Å². The van der Waals surface area contributed by atoms with Crippen molar-refractivity contribution in [2.45, 2.75) is 20.0 Å². The molecule has 4 heteroatoms. The molecule has 0 atom stereocenters. The van der Waals surface area contributed by atoms with Gasteiger partial charge in [-0.3, -0.25) is 4.90 Å². The molecule has 1 aromatic heterocycles. The van der Waals surface area contributed by atoms with Crippen LogP contribution in [0, 0.1) is 0 Å². The number of rotatable bonds is 3. The van der Waals surface area contributed by atoms with Gasteiger partial charge in [-0.1, -0.05) is 0 Å². The molecule has 0 amide bonds. The minimum absolute atomic E-state index is 0.853. The number of anilines is 1. The lowest BCUT2D eigenvalue weighted by Gasteiger charge is -2.32. The highest BCUT2D eigenvalue weighted by Gasteiger charge is 2.16. The van der Waals surface area contributed by atoms with Crippen LogP contribution in [0.5, 0.6) is 0 Å². The van der Waals surface area contributed by atoms with Crippen molar-refractivity contribution in [3.63, 3.8) is 0 Å². The number of nitrogens with two attached hydrogens (primary N) is 1. The Balaban J connectivity index is 1.89. The second-order valence-electron chi connectivity index (χ2n) is 5.80. The highest BCUT2D eigenvalue weighted by molar-refractivity contribution is 5.86. The third-order valence-electron chi connectivity index (χ3n) is 4.32. The van der Waals surface area contributed by atoms with Gasteiger partial charge in [-0.25, -0.2) is 0 Å². The van der Waals surface area contributed by atoms with E-state index in [4.69, 9.17) is 5.73 Å². The number of hydrogen-bond donors (Lipinski definition) is 1. The number of likely N-dealkylation sites (N-methyl/N-ethyl adjacent to an activating group) is 1. The van der Waals surface area contributed by atoms with E-state index in [1.54, 1.807) is 0 Å². The number of benzene rings is 1. The zero-order valence-electron chi connectivity index (χ0n) is 12.5. The minimum Gasteiger partial charge on any atom is -0.399 e. The van der Waals surface area contributed by atoms with Crippen LogP contribution < -0.4 is 5.73 Å². The molecule has 1 aliphatic heterocycles. The molecule has 20 heavy (non-hydrogen) atoms. The molecule has 0 saturated carbocycles. The molecule has 4 nitrogen and oxygen atoms in total. The number of nitrogen functional groups attached to an aromatic ring is 1. The van der Waals surface area contributed by atoms with E-state index >= 15 is 0 Å². The molecule has 2 heterocycles. The van der Waals surface area contributed by atoms with Crippen LogP contribution in [-0.4, -0.2) is 47.6 Å². The SMILES string of the molecule is CCn1cc(CN2CCN(C)CC2)c2cc(N)ccc21. The molecule has 0 bridgehead atoms. The van der Waals surface area contributed by atoms with Crippen molar-refractivity contribution in [2.24, 2.45) is 0 Å². The van der Waals surface area contributed by atoms with E-state index < -0.39 is 0 Å². The predicted molar refractivity (Wildman–Crippen MR) is 84.8 cm³/mol. The van der Waals surface area contributed by atoms with Crippen molar-refractivity contribution in [2.75, 3.05) is 39.0 Å². The summed E-state index contributed by atoms with van der Waals surface area (Å²) in [4.78, 5) is 4.93. The van der Waals surface area contributed by atoms with E-state index in [2.05, 4.69) is 46.7 Å². The van der Waals surface area contributed by atoms with Crippen LogP contribution in [-0.2, 0) is 13.1 Å². The van der Waals surface area contributed by atoms with Crippen LogP contribution in [0.15, 0.2) is 24.4 Å². The molecular weight excluding hydrogens is 248 g/mol. The van der Waals surface area contributed by atoms with Gasteiger partial charge in [0.1, 0.15) is 0 Å². The normalized spacial score (nSPS) is 17.9. The van der Waals surface area contributed by atoms with Crippen molar-refractivity contribution in [1.82, 2.24) is 14.4 Å². The smallest absolute Gasteiger partial charge is 0.0485 e. The second kappa shape index (κ2) is 5.46. The number of fused-ring (bicyclic) bond motifs is 1. The van der Waals surface area contributed by atoms with Gasteiger partial charge in [0.05, 0.1) is 0 Å². The Bertz CT molecular complexity index is 594. The van der Waals surface area contributed by atoms with Gasteiger partial charge in [-0.05, 0) is 37.7 Å². The van der Waals surface area contributed by atoms with Crippen LogP contribution in [0.1, 0.15) is 12.5 Å². The van der Waals surface area contributed by atoms with Gasteiger partial charge in [0.15, 0.2) is 0 Å². The second-order valence-corrected chi connectivity index (χ2v) is 5.80. The quantitative estimate of drug-likeness (QED) is 0.868. The average molecular weight is 272 g/mol. The van der Waals surface area contributed by atoms with Gasteiger partial charge >= 0.3 is 0 Å². The summed E-state index contributed by atoms with van der Waals surface area (Å²) in [6.07, 6.45) is 2.29. The monoisotopic (exact) mass is 272 g/mol. The van der Waals surface area contributed by atoms with Crippen molar-refractivity contribution in [1.29, 1.82) is 0 Å². The fraction of sp³-hybridized carbons (Fsp3) is 0.500. The van der Waals surface area contributed by atoms with Crippen LogP contribution in [0.4, 0.5) is 5.69 Å². The molecule has 1 fully saturated rings. The first-order valence-corrected chi connectivity index (χ1v) is 7.45. The zero-order valence-corrected chi connectivity index (χ0v) is 12.5. The summed E-state index contributed by atoms with van der Waals surface area (Å²) in [6, 6.07) is 6.25. The highest BCUT2D eigenvalue weighted by atomic mass is 15.2. The van der Waals surface area contributed by atoms with Crippen LogP contribution in [0.3, 0.4) is 0 Å². The number of piperazine rings is 1. The topological polar surface area (TPSA) is 37.4 Å². The largest absolute Gasteiger partial charge is 0.399 e. The summed E-state index contributed by atoms with van der Waals surface area (Å²) in [5.74, 6) is 0. The predicted octanol–water partition coefficient (Wildman–Crippen LogP) is 1.99. The van der Waals surface area contributed by atoms with E-state index in [0.717, 1.165) is 45.0 Å². The summed E-state index contributed by atoms with van der Waals surface area (Å²) in [7, 11) is 2.20. The number of aryl methyl sites for hydroxylation is 1. The summed E-state index contributed by atoms with van der Waals surface area (Å²) < 4.78 is 2.32. The molecule has 0 unspecified atom stereocenters. The summed E-state index contributed by atoms with van der Waals surface area (Å²) in [5, 5.41) is 1.31. The maximum Gasteiger partial charge on any atom is 0.0485 e. The molecule has 1 aromatic carbocycles. The number of aromatic nitrogens is 1. The molecule has 108 valence electrons. The molecule has 0 spiro atoms. The first kappa shape index (κ1) is 13.5. The molecule has 0 aliphatic carbocycles. The summed E-state index contributed by atoms with van der Waals surface area (Å²) >= 11 is 0. The standard InChI is InChI=1S/C16H24N4/c1-3-20-12-13(11-19-8-6-18(2)7-9-19)15-10-14(17)4-5-16(15)20/h4-5,10,12H,3,6-9,11,17H2,1-2H3. The fourth-order valence-electron chi connectivity index (χ4n) is 3.02. The van der Waals surface area contributed by atoms with E-state index in [9.17, 15) is 0 Å². The Labute approximate surface area is 120 Å². The third kappa shape index (κ3) is 2.53. The van der Waals surface area contributed by atoms with Gasteiger partial charge in [0, 0.05) is 62.1 Å². The Morgan fingerprint density at radius 1 is 1.15 bits per heavy atom. The minimum atomic E-state index is 0.853. The molecule has 0 radical (unpaired) electrons. The molecule has 1 aliphatic rings. The zero-order chi connectivity index (χ0) is 14.1. The maximum absolute atomic E-state index is 5.97. The van der Waals surface area contributed by atoms with Crippen LogP contribution in [0.2, 0.25) is 0 Å². The maximum atomic E-state index is 5.97. The van der Waals surface area contributed by atoms with Crippen molar-refractivity contribution < 1.29 is 0 Å². The van der Waals surface area contributed by atoms with Crippen LogP contribution in [0.25, 0.3) is 10.9 Å². The number of nitrogens with zero attached hydrogens (tertiary/aromatic N) is 3. The molecule has 2 aromatic rings. The van der Waals surface area contributed by atoms with Gasteiger partial charge in [-0.2, -0.15) is 0 Å². The van der Waals surface area contributed by atoms with Gasteiger partial charge in [-0.15, -0.1) is 0 Å².